The van der Waals surface area contributed by atoms with Gasteiger partial charge in [-0.15, -0.1) is 0 Å². The van der Waals surface area contributed by atoms with Crippen molar-refractivity contribution in [2.45, 2.75) is 0 Å². The van der Waals surface area contributed by atoms with Crippen molar-refractivity contribution in [3.8, 4) is 11.4 Å². The van der Waals surface area contributed by atoms with Crippen LogP contribution in [0, 0.1) is 0 Å². The number of benzene rings is 6. The van der Waals surface area contributed by atoms with Crippen LogP contribution in [0.2, 0.25) is 0 Å². The summed E-state index contributed by atoms with van der Waals surface area (Å²) in [4.78, 5) is 0. The van der Waals surface area contributed by atoms with E-state index in [4.69, 9.17) is 0 Å². The number of hydrogen-bond acceptors (Lipinski definition) is 0. The van der Waals surface area contributed by atoms with Gasteiger partial charge in [0.2, 0.25) is 0 Å². The summed E-state index contributed by atoms with van der Waals surface area (Å²) < 4.78 is 7.13. The van der Waals surface area contributed by atoms with E-state index in [-0.39, 0.29) is 0 Å². The SMILES string of the molecule is Cn1c2cc(-n3c4ccccc4c4ccccc43)ccc2c2ccc(-n3c4ccccc4c4ccccc43)cc21. The van der Waals surface area contributed by atoms with Gasteiger partial charge < -0.3 is 13.7 Å². The molecule has 0 aliphatic carbocycles. The monoisotopic (exact) mass is 511 g/mol. The van der Waals surface area contributed by atoms with Crippen LogP contribution >= 0.6 is 0 Å². The number of rotatable bonds is 2. The van der Waals surface area contributed by atoms with Gasteiger partial charge in [-0.1, -0.05) is 84.9 Å². The van der Waals surface area contributed by atoms with Gasteiger partial charge in [-0.3, -0.25) is 0 Å². The van der Waals surface area contributed by atoms with Crippen molar-refractivity contribution < 1.29 is 0 Å². The Hall–Kier alpha value is -5.28. The molecule has 0 unspecified atom stereocenters. The second-order valence-electron chi connectivity index (χ2n) is 10.7. The van der Waals surface area contributed by atoms with Crippen LogP contribution in [0.4, 0.5) is 0 Å². The topological polar surface area (TPSA) is 14.8 Å². The quantitative estimate of drug-likeness (QED) is 0.219. The van der Waals surface area contributed by atoms with E-state index in [1.807, 2.05) is 0 Å². The predicted octanol–water partition coefficient (Wildman–Crippen LogP) is 9.53. The number of aromatic nitrogens is 3. The van der Waals surface area contributed by atoms with Crippen molar-refractivity contribution in [3.05, 3.63) is 133 Å². The van der Waals surface area contributed by atoms with E-state index < -0.39 is 0 Å². The van der Waals surface area contributed by atoms with Gasteiger partial charge in [-0.2, -0.15) is 0 Å². The molecule has 0 aliphatic rings. The molecular formula is C37H25N3. The van der Waals surface area contributed by atoms with Crippen LogP contribution in [0.3, 0.4) is 0 Å². The molecule has 0 radical (unpaired) electrons. The first-order valence-electron chi connectivity index (χ1n) is 13.8. The second kappa shape index (κ2) is 7.87. The van der Waals surface area contributed by atoms with Gasteiger partial charge in [0, 0.05) is 50.7 Å². The predicted molar refractivity (Wildman–Crippen MR) is 169 cm³/mol. The van der Waals surface area contributed by atoms with Gasteiger partial charge in [0.25, 0.3) is 0 Å². The number of nitrogens with zero attached hydrogens (tertiary/aromatic N) is 3. The third kappa shape index (κ3) is 2.79. The Labute approximate surface area is 230 Å². The molecule has 40 heavy (non-hydrogen) atoms. The average molecular weight is 512 g/mol. The lowest BCUT2D eigenvalue weighted by Gasteiger charge is -2.09. The zero-order valence-corrected chi connectivity index (χ0v) is 22.0. The van der Waals surface area contributed by atoms with Crippen LogP contribution in [0.15, 0.2) is 133 Å². The number of para-hydroxylation sites is 4. The molecule has 188 valence electrons. The van der Waals surface area contributed by atoms with Gasteiger partial charge in [0.15, 0.2) is 0 Å². The highest BCUT2D eigenvalue weighted by Gasteiger charge is 2.16. The highest BCUT2D eigenvalue weighted by molar-refractivity contribution is 6.12. The van der Waals surface area contributed by atoms with Crippen molar-refractivity contribution in [2.75, 3.05) is 0 Å². The van der Waals surface area contributed by atoms with E-state index in [9.17, 15) is 0 Å². The van der Waals surface area contributed by atoms with E-state index in [2.05, 4.69) is 154 Å². The molecule has 3 nitrogen and oxygen atoms in total. The fourth-order valence-electron chi connectivity index (χ4n) is 6.86. The van der Waals surface area contributed by atoms with E-state index in [0.29, 0.717) is 0 Å². The Bertz CT molecular complexity index is 2170. The van der Waals surface area contributed by atoms with Gasteiger partial charge >= 0.3 is 0 Å². The molecular weight excluding hydrogens is 486 g/mol. The Morgan fingerprint density at radius 3 is 0.975 bits per heavy atom. The smallest absolute Gasteiger partial charge is 0.0541 e. The van der Waals surface area contributed by atoms with Crippen molar-refractivity contribution in [2.24, 2.45) is 7.05 Å². The molecule has 0 amide bonds. The molecule has 0 spiro atoms. The maximum absolute atomic E-state index is 2.39. The summed E-state index contributed by atoms with van der Waals surface area (Å²) >= 11 is 0. The van der Waals surface area contributed by atoms with Crippen LogP contribution < -0.4 is 0 Å². The zero-order chi connectivity index (χ0) is 26.4. The lowest BCUT2D eigenvalue weighted by Crippen LogP contribution is -1.96. The van der Waals surface area contributed by atoms with E-state index in [0.717, 1.165) is 0 Å². The zero-order valence-electron chi connectivity index (χ0n) is 22.0. The summed E-state index contributed by atoms with van der Waals surface area (Å²) in [6.45, 7) is 0. The summed E-state index contributed by atoms with van der Waals surface area (Å²) in [6, 6.07) is 48.6. The van der Waals surface area contributed by atoms with Crippen molar-refractivity contribution >= 4 is 65.4 Å². The molecule has 3 aromatic heterocycles. The van der Waals surface area contributed by atoms with Crippen molar-refractivity contribution in [1.29, 1.82) is 0 Å². The second-order valence-corrected chi connectivity index (χ2v) is 10.7. The average Bonchev–Trinajstić information content (AvgIpc) is 3.63. The van der Waals surface area contributed by atoms with E-state index in [1.54, 1.807) is 0 Å². The van der Waals surface area contributed by atoms with Crippen LogP contribution in [-0.2, 0) is 7.05 Å². The first-order chi connectivity index (χ1) is 19.8. The van der Waals surface area contributed by atoms with Crippen LogP contribution in [0.5, 0.6) is 0 Å². The minimum absolute atomic E-state index is 1.18. The Kier molecular flexibility index (Phi) is 4.26. The van der Waals surface area contributed by atoms with Crippen LogP contribution in [-0.4, -0.2) is 13.7 Å². The normalized spacial score (nSPS) is 12.1. The lowest BCUT2D eigenvalue weighted by molar-refractivity contribution is 1.01. The fraction of sp³-hybridized carbons (Fsp3) is 0.0270. The first kappa shape index (κ1) is 21.6. The number of aryl methyl sites for hydroxylation is 1. The maximum Gasteiger partial charge on any atom is 0.0541 e. The molecule has 0 fully saturated rings. The third-order valence-electron chi connectivity index (χ3n) is 8.65. The molecule has 0 saturated heterocycles. The van der Waals surface area contributed by atoms with Gasteiger partial charge in [0.1, 0.15) is 0 Å². The minimum Gasteiger partial charge on any atom is -0.343 e. The summed E-state index contributed by atoms with van der Waals surface area (Å²) in [5.74, 6) is 0. The van der Waals surface area contributed by atoms with Crippen molar-refractivity contribution in [3.63, 3.8) is 0 Å². The van der Waals surface area contributed by atoms with E-state index in [1.165, 1.54) is 76.8 Å². The summed E-state index contributed by atoms with van der Waals surface area (Å²) in [7, 11) is 2.19. The standard InChI is InChI=1S/C37H25N3/c1-38-36-22-24(39-32-14-6-2-10-26(32)27-11-3-7-15-33(27)39)18-20-30(36)31-21-19-25(23-37(31)38)40-34-16-8-4-12-28(34)29-13-5-9-17-35(29)40/h2-23H,1H3. The van der Waals surface area contributed by atoms with E-state index >= 15 is 0 Å². The number of fused-ring (bicyclic) bond motifs is 9. The summed E-state index contributed by atoms with van der Waals surface area (Å²) in [6.07, 6.45) is 0. The molecule has 0 aliphatic heterocycles. The Balaban J connectivity index is 1.30. The van der Waals surface area contributed by atoms with Gasteiger partial charge in [0.05, 0.1) is 33.1 Å². The minimum atomic E-state index is 1.18. The van der Waals surface area contributed by atoms with Gasteiger partial charge in [-0.25, -0.2) is 0 Å². The maximum atomic E-state index is 2.39. The molecule has 3 heteroatoms. The molecule has 0 bridgehead atoms. The third-order valence-corrected chi connectivity index (χ3v) is 8.65. The highest BCUT2D eigenvalue weighted by atomic mass is 15.0. The van der Waals surface area contributed by atoms with Crippen molar-refractivity contribution in [1.82, 2.24) is 13.7 Å². The summed E-state index contributed by atoms with van der Waals surface area (Å²) in [5, 5.41) is 7.68. The fourth-order valence-corrected chi connectivity index (χ4v) is 6.86. The largest absolute Gasteiger partial charge is 0.343 e. The summed E-state index contributed by atoms with van der Waals surface area (Å²) in [5.41, 5.74) is 9.75. The molecule has 9 aromatic rings. The molecule has 0 N–H and O–H groups in total. The number of hydrogen-bond donors (Lipinski definition) is 0. The molecule has 0 atom stereocenters. The Morgan fingerprint density at radius 1 is 0.325 bits per heavy atom. The van der Waals surface area contributed by atoms with Gasteiger partial charge in [-0.05, 0) is 48.5 Å². The molecule has 6 aromatic carbocycles. The lowest BCUT2D eigenvalue weighted by atomic mass is 10.1. The Morgan fingerprint density at radius 2 is 0.625 bits per heavy atom. The molecule has 0 saturated carbocycles. The molecule has 9 rings (SSSR count). The molecule has 3 heterocycles. The van der Waals surface area contributed by atoms with Crippen LogP contribution in [0.1, 0.15) is 0 Å². The highest BCUT2D eigenvalue weighted by Crippen LogP contribution is 2.37. The first-order valence-corrected chi connectivity index (χ1v) is 13.8. The van der Waals surface area contributed by atoms with Crippen LogP contribution in [0.25, 0.3) is 76.8 Å².